The summed E-state index contributed by atoms with van der Waals surface area (Å²) in [5.74, 6) is 0.226. The van der Waals surface area contributed by atoms with E-state index in [-0.39, 0.29) is 40.3 Å². The number of ketones is 1. The maximum atomic E-state index is 14.1. The van der Waals surface area contributed by atoms with Crippen molar-refractivity contribution in [1.29, 1.82) is 0 Å². The van der Waals surface area contributed by atoms with Gasteiger partial charge < -0.3 is 25.4 Å². The van der Waals surface area contributed by atoms with Crippen molar-refractivity contribution in [3.8, 4) is 5.75 Å². The van der Waals surface area contributed by atoms with E-state index in [0.717, 1.165) is 34.7 Å². The number of para-hydroxylation sites is 1. The highest BCUT2D eigenvalue weighted by Crippen LogP contribution is 2.52. The van der Waals surface area contributed by atoms with Crippen molar-refractivity contribution in [3.63, 3.8) is 0 Å². The molecule has 1 amide bonds. The molecule has 3 N–H and O–H groups in total. The lowest BCUT2D eigenvalue weighted by Crippen LogP contribution is -2.42. The van der Waals surface area contributed by atoms with Crippen molar-refractivity contribution >= 4 is 46.8 Å². The number of benzene rings is 6. The van der Waals surface area contributed by atoms with Crippen molar-refractivity contribution in [3.05, 3.63) is 197 Å². The van der Waals surface area contributed by atoms with Gasteiger partial charge in [-0.1, -0.05) is 121 Å². The fraction of sp³-hybridized carbons (Fsp3) is 0.296. The molecule has 0 spiro atoms. The van der Waals surface area contributed by atoms with E-state index in [9.17, 15) is 19.1 Å². The molecular formula is C54H58FN3O4S2. The van der Waals surface area contributed by atoms with Gasteiger partial charge in [0, 0.05) is 29.7 Å². The number of hydrogen-bond donors (Lipinski definition) is 3. The Labute approximate surface area is 386 Å². The van der Waals surface area contributed by atoms with Crippen molar-refractivity contribution in [2.24, 2.45) is 0 Å². The van der Waals surface area contributed by atoms with E-state index < -0.39 is 16.4 Å². The Kier molecular flexibility index (Phi) is 15.4. The maximum Gasteiger partial charge on any atom is 0.410 e. The Morgan fingerprint density at radius 2 is 1.39 bits per heavy atom. The first-order chi connectivity index (χ1) is 30.9. The largest absolute Gasteiger partial charge is 0.507 e. The molecule has 64 heavy (non-hydrogen) atoms. The molecule has 332 valence electrons. The first kappa shape index (κ1) is 46.3. The summed E-state index contributed by atoms with van der Waals surface area (Å²) >= 11 is 3.55. The zero-order chi connectivity index (χ0) is 45.1. The van der Waals surface area contributed by atoms with Crippen LogP contribution in [0, 0.1) is 5.82 Å². The average molecular weight is 896 g/mol. The van der Waals surface area contributed by atoms with E-state index in [4.69, 9.17) is 4.74 Å². The van der Waals surface area contributed by atoms with Crippen LogP contribution in [0.5, 0.6) is 5.75 Å². The third-order valence-corrected chi connectivity index (χ3v) is 13.9. The molecule has 0 unspecified atom stereocenters. The Bertz CT molecular complexity index is 2350. The molecule has 10 heteroatoms. The lowest BCUT2D eigenvalue weighted by atomic mass is 9.84. The van der Waals surface area contributed by atoms with Crippen LogP contribution in [-0.4, -0.2) is 69.9 Å². The number of likely N-dealkylation sites (tertiary alicyclic amines) is 1. The first-order valence-electron chi connectivity index (χ1n) is 22.0. The number of carbonyl (C=O) groups excluding carboxylic acids is 2. The molecule has 1 aliphatic heterocycles. The Balaban J connectivity index is 1.19. The highest BCUT2D eigenvalue weighted by molar-refractivity contribution is 8.01. The molecule has 0 bridgehead atoms. The minimum Gasteiger partial charge on any atom is -0.507 e. The topological polar surface area (TPSA) is 90.9 Å². The second-order valence-corrected chi connectivity index (χ2v) is 19.8. The summed E-state index contributed by atoms with van der Waals surface area (Å²) < 4.78 is 19.3. The Morgan fingerprint density at radius 3 is 1.97 bits per heavy atom. The predicted molar refractivity (Wildman–Crippen MR) is 264 cm³/mol. The highest BCUT2D eigenvalue weighted by atomic mass is 32.2. The van der Waals surface area contributed by atoms with E-state index in [1.54, 1.807) is 42.1 Å². The molecule has 1 aliphatic rings. The number of phenolic OH excluding ortho intramolecular Hbond substituents is 1. The lowest BCUT2D eigenvalue weighted by molar-refractivity contribution is 0.0235. The van der Waals surface area contributed by atoms with Crippen LogP contribution in [0.15, 0.2) is 158 Å². The minimum absolute atomic E-state index is 0.0450. The maximum absolute atomic E-state index is 14.1. The SMILES string of the molecule is CSCC[C@H](Nc1cc(NC[C@@H]2C[C@H](SC(c3ccccc3)(c3ccccc3)c3ccccc3)CN2C(=O)OC(C)(C)C)ccc1CCc1ccc(F)cc1)C(=O)c1ccccc1O. The van der Waals surface area contributed by atoms with Crippen LogP contribution in [0.1, 0.15) is 71.8 Å². The molecule has 6 aromatic rings. The number of aryl methyl sites for hydroxylation is 2. The molecule has 1 heterocycles. The fourth-order valence-electron chi connectivity index (χ4n) is 8.44. The van der Waals surface area contributed by atoms with Crippen LogP contribution >= 0.6 is 23.5 Å². The van der Waals surface area contributed by atoms with Crippen LogP contribution in [0.4, 0.5) is 20.6 Å². The number of amides is 1. The van der Waals surface area contributed by atoms with E-state index in [1.165, 1.54) is 34.9 Å². The minimum atomic E-state index is -0.673. The van der Waals surface area contributed by atoms with Gasteiger partial charge >= 0.3 is 6.09 Å². The summed E-state index contributed by atoms with van der Waals surface area (Å²) in [6.45, 7) is 6.66. The number of ether oxygens (including phenoxy) is 1. The fourth-order valence-corrected chi connectivity index (χ4v) is 10.8. The summed E-state index contributed by atoms with van der Waals surface area (Å²) in [5, 5.41) is 18.0. The van der Waals surface area contributed by atoms with Gasteiger partial charge in [-0.25, -0.2) is 9.18 Å². The first-order valence-corrected chi connectivity index (χ1v) is 24.2. The van der Waals surface area contributed by atoms with Crippen LogP contribution in [0.3, 0.4) is 0 Å². The van der Waals surface area contributed by atoms with Gasteiger partial charge in [0.25, 0.3) is 0 Å². The second-order valence-electron chi connectivity index (χ2n) is 17.3. The van der Waals surface area contributed by atoms with Crippen molar-refractivity contribution in [2.75, 3.05) is 35.7 Å². The Hall–Kier alpha value is -5.71. The number of hydrogen-bond acceptors (Lipinski definition) is 8. The standard InChI is InChI=1S/C54H58FN3O4S2/c1-53(2,3)62-52(61)58-37-46(64-54(40-16-8-5-9-17-40,41-18-10-6-11-19-41)42-20-12-7-13-21-42)35-45(58)36-56-44-31-28-39(27-24-38-25-29-43(55)30-26-38)49(34-44)57-48(32-33-63-4)51(60)47-22-14-15-23-50(47)59/h5-23,25-26,28-31,34,45-46,48,56-57,59H,24,27,32-33,35-37H2,1-4H3/t45-,46-,48-/m0/s1. The number of halogens is 1. The summed E-state index contributed by atoms with van der Waals surface area (Å²) in [7, 11) is 0. The number of nitrogens with zero attached hydrogens (tertiary/aromatic N) is 1. The van der Waals surface area contributed by atoms with Gasteiger partial charge in [0.2, 0.25) is 0 Å². The molecular weight excluding hydrogens is 838 g/mol. The lowest BCUT2D eigenvalue weighted by Gasteiger charge is -2.37. The molecule has 7 nitrogen and oxygen atoms in total. The van der Waals surface area contributed by atoms with Gasteiger partial charge in [0.05, 0.1) is 22.4 Å². The number of aromatic hydroxyl groups is 1. The van der Waals surface area contributed by atoms with E-state index in [2.05, 4.69) is 89.5 Å². The molecule has 0 radical (unpaired) electrons. The van der Waals surface area contributed by atoms with Gasteiger partial charge in [-0.2, -0.15) is 11.8 Å². The van der Waals surface area contributed by atoms with Crippen LogP contribution in [-0.2, 0) is 22.3 Å². The summed E-state index contributed by atoms with van der Waals surface area (Å²) in [6.07, 6.45) is 4.26. The molecule has 3 atom stereocenters. The average Bonchev–Trinajstić information content (AvgIpc) is 3.72. The summed E-state index contributed by atoms with van der Waals surface area (Å²) in [6, 6.07) is 50.4. The number of thioether (sulfide) groups is 2. The van der Waals surface area contributed by atoms with Gasteiger partial charge in [0.1, 0.15) is 17.2 Å². The number of nitrogens with one attached hydrogen (secondary N) is 2. The van der Waals surface area contributed by atoms with E-state index in [1.807, 2.05) is 74.0 Å². The van der Waals surface area contributed by atoms with Gasteiger partial charge in [0.15, 0.2) is 5.78 Å². The highest BCUT2D eigenvalue weighted by Gasteiger charge is 2.45. The monoisotopic (exact) mass is 895 g/mol. The zero-order valence-electron chi connectivity index (χ0n) is 37.0. The molecule has 0 aliphatic carbocycles. The van der Waals surface area contributed by atoms with Crippen molar-refractivity contribution < 1.29 is 23.8 Å². The molecule has 1 fully saturated rings. The number of Topliss-reactive ketones (excluding diaryl/α,β-unsaturated/α-hetero) is 1. The van der Waals surface area contributed by atoms with Crippen molar-refractivity contribution in [1.82, 2.24) is 4.90 Å². The number of anilines is 2. The number of phenols is 1. The molecule has 6 aromatic carbocycles. The molecule has 1 saturated heterocycles. The molecule has 0 aromatic heterocycles. The summed E-state index contributed by atoms with van der Waals surface area (Å²) in [5.41, 5.74) is 6.73. The quantitative estimate of drug-likeness (QED) is 0.0581. The summed E-state index contributed by atoms with van der Waals surface area (Å²) in [4.78, 5) is 30.0. The number of carbonyl (C=O) groups is 2. The normalized spacial score (nSPS) is 15.7. The number of rotatable bonds is 18. The van der Waals surface area contributed by atoms with Crippen molar-refractivity contribution in [2.45, 2.75) is 74.1 Å². The van der Waals surface area contributed by atoms with Gasteiger partial charge in [-0.15, -0.1) is 11.8 Å². The predicted octanol–water partition coefficient (Wildman–Crippen LogP) is 12.2. The third-order valence-electron chi connectivity index (χ3n) is 11.6. The van der Waals surface area contributed by atoms with Crippen LogP contribution in [0.2, 0.25) is 0 Å². The van der Waals surface area contributed by atoms with E-state index >= 15 is 0 Å². The smallest absolute Gasteiger partial charge is 0.410 e. The van der Waals surface area contributed by atoms with Crippen LogP contribution in [0.25, 0.3) is 0 Å². The molecule has 7 rings (SSSR count). The van der Waals surface area contributed by atoms with E-state index in [0.29, 0.717) is 32.4 Å². The van der Waals surface area contributed by atoms with Crippen LogP contribution < -0.4 is 10.6 Å². The molecule has 0 saturated carbocycles. The Morgan fingerprint density at radius 1 is 0.797 bits per heavy atom. The zero-order valence-corrected chi connectivity index (χ0v) is 38.6. The third kappa shape index (κ3) is 11.5. The van der Waals surface area contributed by atoms with Gasteiger partial charge in [-0.05, 0) is 123 Å². The second kappa shape index (κ2) is 21.3. The van der Waals surface area contributed by atoms with Gasteiger partial charge in [-0.3, -0.25) is 4.79 Å².